The number of hydrogen-bond acceptors (Lipinski definition) is 6. The molecular formula is C66H88N2O4. The van der Waals surface area contributed by atoms with Gasteiger partial charge in [0, 0.05) is 62.1 Å². The Bertz CT molecular complexity index is 2630. The molecule has 3 aromatic rings. The third kappa shape index (κ3) is 6.55. The summed E-state index contributed by atoms with van der Waals surface area (Å²) in [6.07, 6.45) is 29.8. The summed E-state index contributed by atoms with van der Waals surface area (Å²) in [6.45, 7) is 20.7. The van der Waals surface area contributed by atoms with Crippen molar-refractivity contribution >= 4 is 11.4 Å². The van der Waals surface area contributed by atoms with Gasteiger partial charge in [-0.15, -0.1) is 0 Å². The Labute approximate surface area is 431 Å². The number of anilines is 2. The van der Waals surface area contributed by atoms with Crippen LogP contribution in [0, 0.1) is 67.0 Å². The first-order chi connectivity index (χ1) is 33.6. The Kier molecular flexibility index (Phi) is 8.60. The van der Waals surface area contributed by atoms with E-state index in [2.05, 4.69) is 79.7 Å². The molecule has 16 bridgehead atoms. The third-order valence-electron chi connectivity index (χ3n) is 24.6. The molecule has 19 rings (SSSR count). The smallest absolute Gasteiger partial charge is 0.142 e. The highest BCUT2D eigenvalue weighted by Gasteiger charge is 2.66. The number of benzene rings is 3. The van der Waals surface area contributed by atoms with Gasteiger partial charge in [0.1, 0.15) is 34.5 Å². The maximum Gasteiger partial charge on any atom is 0.142 e. The molecular weight excluding hydrogens is 885 g/mol. The SMILES string of the molecule is CC12CC3CC(C)(C1)CC(c1cc(N)c(O)cc1Oc1cc(Oc4cc(O)c(N)cc4C45CC6CC(C)(CC(C)(C6)C4)C5)c(C45CC6CC(C)(CC(C)(C6)C4)C5)cc1C14CC5CC(C)(CC(C)(C5)C1)C4)(C3)C2. The number of hydrogen-bond donors (Lipinski definition) is 4. The van der Waals surface area contributed by atoms with Crippen molar-refractivity contribution in [2.24, 2.45) is 67.0 Å². The lowest BCUT2D eigenvalue weighted by Gasteiger charge is -2.66. The van der Waals surface area contributed by atoms with Crippen LogP contribution in [-0.2, 0) is 21.7 Å². The van der Waals surface area contributed by atoms with Gasteiger partial charge in [-0.3, -0.25) is 0 Å². The van der Waals surface area contributed by atoms with E-state index in [9.17, 15) is 10.2 Å². The van der Waals surface area contributed by atoms with Crippen LogP contribution in [0.2, 0.25) is 0 Å². The fourth-order valence-corrected chi connectivity index (χ4v) is 27.0. The van der Waals surface area contributed by atoms with Crippen molar-refractivity contribution in [2.75, 3.05) is 11.5 Å². The normalized spacial score (nSPS) is 50.3. The van der Waals surface area contributed by atoms with Crippen molar-refractivity contribution < 1.29 is 19.7 Å². The van der Waals surface area contributed by atoms with Crippen LogP contribution in [0.3, 0.4) is 0 Å². The van der Waals surface area contributed by atoms with E-state index in [1.54, 1.807) is 0 Å². The molecule has 0 amide bonds. The van der Waals surface area contributed by atoms with E-state index in [-0.39, 0.29) is 54.8 Å². The molecule has 6 heteroatoms. The third-order valence-corrected chi connectivity index (χ3v) is 24.6. The van der Waals surface area contributed by atoms with Gasteiger partial charge >= 0.3 is 0 Å². The Morgan fingerprint density at radius 2 is 0.542 bits per heavy atom. The van der Waals surface area contributed by atoms with Crippen molar-refractivity contribution in [3.63, 3.8) is 0 Å². The zero-order valence-electron chi connectivity index (χ0n) is 45.6. The first kappa shape index (κ1) is 45.8. The highest BCUT2D eigenvalue weighted by Crippen LogP contribution is 2.76. The van der Waals surface area contributed by atoms with E-state index in [1.807, 2.05) is 12.1 Å². The van der Waals surface area contributed by atoms with Crippen LogP contribution in [0.5, 0.6) is 34.5 Å². The summed E-state index contributed by atoms with van der Waals surface area (Å²) in [7, 11) is 0. The van der Waals surface area contributed by atoms with Crippen molar-refractivity contribution in [2.45, 2.75) is 231 Å². The molecule has 3 aromatic carbocycles. The lowest BCUT2D eigenvalue weighted by atomic mass is 9.38. The second kappa shape index (κ2) is 13.5. The monoisotopic (exact) mass is 973 g/mol. The minimum absolute atomic E-state index is 0.0337. The average Bonchev–Trinajstić information content (AvgIpc) is 3.18. The van der Waals surface area contributed by atoms with Gasteiger partial charge in [-0.25, -0.2) is 0 Å². The highest BCUT2D eigenvalue weighted by atomic mass is 16.5. The topological polar surface area (TPSA) is 111 Å². The molecule has 16 fully saturated rings. The number of phenols is 2. The Hall–Kier alpha value is -3.54. The number of rotatable bonds is 8. The Balaban J connectivity index is 0.960. The molecule has 386 valence electrons. The van der Waals surface area contributed by atoms with E-state index >= 15 is 0 Å². The number of nitrogen functional groups attached to an aromatic ring is 2. The van der Waals surface area contributed by atoms with Gasteiger partial charge in [0.25, 0.3) is 0 Å². The van der Waals surface area contributed by atoms with Gasteiger partial charge in [-0.05, 0) is 239 Å². The van der Waals surface area contributed by atoms with Gasteiger partial charge in [0.2, 0.25) is 0 Å². The predicted octanol–water partition coefficient (Wildman–Crippen LogP) is 16.8. The molecule has 8 atom stereocenters. The lowest BCUT2D eigenvalue weighted by molar-refractivity contribution is -0.112. The molecule has 6 N–H and O–H groups in total. The molecule has 16 aliphatic carbocycles. The molecule has 0 aliphatic heterocycles. The summed E-state index contributed by atoms with van der Waals surface area (Å²) in [6, 6.07) is 13.2. The quantitative estimate of drug-likeness (QED) is 0.132. The minimum Gasteiger partial charge on any atom is -0.506 e. The summed E-state index contributed by atoms with van der Waals surface area (Å²) in [4.78, 5) is 0. The molecule has 72 heavy (non-hydrogen) atoms. The summed E-state index contributed by atoms with van der Waals surface area (Å²) < 4.78 is 15.8. The number of ether oxygens (including phenoxy) is 2. The first-order valence-corrected chi connectivity index (χ1v) is 29.4. The van der Waals surface area contributed by atoms with Crippen molar-refractivity contribution in [1.29, 1.82) is 0 Å². The van der Waals surface area contributed by atoms with Gasteiger partial charge in [-0.2, -0.15) is 0 Å². The van der Waals surface area contributed by atoms with Crippen molar-refractivity contribution in [3.05, 3.63) is 58.7 Å². The van der Waals surface area contributed by atoms with Crippen molar-refractivity contribution in [1.82, 2.24) is 0 Å². The zero-order valence-corrected chi connectivity index (χ0v) is 45.6. The van der Waals surface area contributed by atoms with E-state index in [0.29, 0.717) is 56.7 Å². The van der Waals surface area contributed by atoms with Crippen LogP contribution in [0.15, 0.2) is 36.4 Å². The molecule has 0 radical (unpaired) electrons. The molecule has 8 unspecified atom stereocenters. The predicted molar refractivity (Wildman–Crippen MR) is 288 cm³/mol. The fourth-order valence-electron chi connectivity index (χ4n) is 27.0. The van der Waals surface area contributed by atoms with E-state index in [1.165, 1.54) is 138 Å². The summed E-state index contributed by atoms with van der Waals surface area (Å²) in [5.41, 5.74) is 21.9. The minimum atomic E-state index is -0.0627. The highest BCUT2D eigenvalue weighted by molar-refractivity contribution is 5.65. The molecule has 16 saturated carbocycles. The molecule has 16 aliphatic rings. The van der Waals surface area contributed by atoms with Crippen LogP contribution in [0.25, 0.3) is 0 Å². The lowest BCUT2D eigenvalue weighted by Crippen LogP contribution is -2.57. The van der Waals surface area contributed by atoms with E-state index in [0.717, 1.165) is 61.5 Å². The zero-order chi connectivity index (χ0) is 49.9. The van der Waals surface area contributed by atoms with Crippen LogP contribution < -0.4 is 20.9 Å². The average molecular weight is 973 g/mol. The summed E-state index contributed by atoms with van der Waals surface area (Å²) in [5, 5.41) is 23.5. The van der Waals surface area contributed by atoms with Crippen LogP contribution in [0.1, 0.15) is 232 Å². The second-order valence-electron chi connectivity index (χ2n) is 33.5. The van der Waals surface area contributed by atoms with Crippen LogP contribution >= 0.6 is 0 Å². The van der Waals surface area contributed by atoms with E-state index in [4.69, 9.17) is 20.9 Å². The molecule has 0 saturated heterocycles. The number of nitrogens with two attached hydrogens (primary N) is 2. The van der Waals surface area contributed by atoms with Crippen LogP contribution in [0.4, 0.5) is 11.4 Å². The number of aromatic hydroxyl groups is 2. The summed E-state index contributed by atoms with van der Waals surface area (Å²) in [5.74, 6) is 6.40. The molecule has 0 spiro atoms. The molecule has 0 aromatic heterocycles. The van der Waals surface area contributed by atoms with Gasteiger partial charge < -0.3 is 31.2 Å². The second-order valence-corrected chi connectivity index (χ2v) is 33.5. The first-order valence-electron chi connectivity index (χ1n) is 29.4. The standard InChI is InChI=1S/C66H88N2O4/c1-55-15-39-16-56(2,27-55)32-63(23-39,31-55)43-9-44(64-24-40-17-57(3,33-64)28-58(4,18-40)34-64)54(72-52-13-50(70)48(68)11-46(52)66-26-42-21-61(7,37-66)30-62(8,22-42)38-66)14-53(43)71-51-12-49(69)47(67)10-45(51)65-25-41-19-59(5,35-65)29-60(6,20-41)36-65/h9-14,39-42,69-70H,15-38,67-68H2,1-8H3. The maximum absolute atomic E-state index is 11.8. The Morgan fingerprint density at radius 3 is 0.778 bits per heavy atom. The van der Waals surface area contributed by atoms with Gasteiger partial charge in [0.05, 0.1) is 11.4 Å². The maximum atomic E-state index is 11.8. The summed E-state index contributed by atoms with van der Waals surface area (Å²) >= 11 is 0. The fraction of sp³-hybridized carbons (Fsp3) is 0.727. The van der Waals surface area contributed by atoms with Gasteiger partial charge in [-0.1, -0.05) is 55.4 Å². The largest absolute Gasteiger partial charge is 0.506 e. The molecule has 0 heterocycles. The Morgan fingerprint density at radius 1 is 0.319 bits per heavy atom. The molecule has 6 nitrogen and oxygen atoms in total. The number of phenolic OH excluding ortho intramolecular Hbond substituents is 2. The van der Waals surface area contributed by atoms with Crippen LogP contribution in [-0.4, -0.2) is 10.2 Å². The van der Waals surface area contributed by atoms with Gasteiger partial charge in [0.15, 0.2) is 0 Å². The van der Waals surface area contributed by atoms with Crippen molar-refractivity contribution in [3.8, 4) is 34.5 Å². The van der Waals surface area contributed by atoms with E-state index < -0.39 is 0 Å².